The lowest BCUT2D eigenvalue weighted by atomic mass is 10.2. The van der Waals surface area contributed by atoms with Crippen molar-refractivity contribution >= 4 is 17.9 Å². The van der Waals surface area contributed by atoms with E-state index >= 15 is 0 Å². The van der Waals surface area contributed by atoms with Gasteiger partial charge in [-0.1, -0.05) is 50.3 Å². The first-order valence-electron chi connectivity index (χ1n) is 6.16. The Kier molecular flexibility index (Phi) is 6.71. The van der Waals surface area contributed by atoms with E-state index < -0.39 is 0 Å². The summed E-state index contributed by atoms with van der Waals surface area (Å²) in [6, 6.07) is 5.20. The molecule has 0 bridgehead atoms. The SMILES string of the molecule is CCCCCCCOc1c(Cl)cccc1C=O. The summed E-state index contributed by atoms with van der Waals surface area (Å²) in [5.74, 6) is 0.514. The lowest BCUT2D eigenvalue weighted by Crippen LogP contribution is -2.00. The summed E-state index contributed by atoms with van der Waals surface area (Å²) in [6.07, 6.45) is 6.69. The Hall–Kier alpha value is -1.02. The van der Waals surface area contributed by atoms with Crippen molar-refractivity contribution in [2.24, 2.45) is 0 Å². The fourth-order valence-electron chi connectivity index (χ4n) is 1.65. The Bertz CT molecular complexity index is 350. The van der Waals surface area contributed by atoms with E-state index in [1.165, 1.54) is 19.3 Å². The second kappa shape index (κ2) is 8.13. The van der Waals surface area contributed by atoms with Crippen LogP contribution < -0.4 is 4.74 Å². The molecule has 0 N–H and O–H groups in total. The molecule has 0 unspecified atom stereocenters. The molecule has 3 heteroatoms. The number of unbranched alkanes of at least 4 members (excludes halogenated alkanes) is 4. The van der Waals surface area contributed by atoms with Gasteiger partial charge in [0.2, 0.25) is 0 Å². The van der Waals surface area contributed by atoms with Crippen molar-refractivity contribution in [3.05, 3.63) is 28.8 Å². The van der Waals surface area contributed by atoms with Gasteiger partial charge in [-0.25, -0.2) is 0 Å². The van der Waals surface area contributed by atoms with Crippen LogP contribution in [0.3, 0.4) is 0 Å². The number of aldehydes is 1. The third kappa shape index (κ3) is 4.78. The number of hydrogen-bond acceptors (Lipinski definition) is 2. The Morgan fingerprint density at radius 3 is 2.71 bits per heavy atom. The van der Waals surface area contributed by atoms with Crippen molar-refractivity contribution in [1.82, 2.24) is 0 Å². The van der Waals surface area contributed by atoms with Crippen LogP contribution in [0.25, 0.3) is 0 Å². The van der Waals surface area contributed by atoms with Gasteiger partial charge in [0, 0.05) is 0 Å². The third-order valence-corrected chi connectivity index (χ3v) is 2.92. The van der Waals surface area contributed by atoms with Gasteiger partial charge in [0.25, 0.3) is 0 Å². The van der Waals surface area contributed by atoms with Crippen LogP contribution in [0.5, 0.6) is 5.75 Å². The monoisotopic (exact) mass is 254 g/mol. The molecule has 0 radical (unpaired) electrons. The number of carbonyl (C=O) groups excluding carboxylic acids is 1. The fourth-order valence-corrected chi connectivity index (χ4v) is 1.89. The predicted octanol–water partition coefficient (Wildman–Crippen LogP) is 4.50. The van der Waals surface area contributed by atoms with Crippen molar-refractivity contribution in [1.29, 1.82) is 0 Å². The number of halogens is 1. The van der Waals surface area contributed by atoms with Crippen molar-refractivity contribution in [3.8, 4) is 5.75 Å². The van der Waals surface area contributed by atoms with Gasteiger partial charge in [0.05, 0.1) is 17.2 Å². The summed E-state index contributed by atoms with van der Waals surface area (Å²) >= 11 is 5.99. The zero-order valence-corrected chi connectivity index (χ0v) is 11.0. The number of hydrogen-bond donors (Lipinski definition) is 0. The second-order valence-electron chi connectivity index (χ2n) is 4.04. The molecule has 1 aromatic carbocycles. The summed E-state index contributed by atoms with van der Waals surface area (Å²) in [5, 5.41) is 0.503. The van der Waals surface area contributed by atoms with E-state index in [-0.39, 0.29) is 0 Å². The predicted molar refractivity (Wildman–Crippen MR) is 71.1 cm³/mol. The molecule has 0 amide bonds. The molecule has 0 aliphatic carbocycles. The maximum absolute atomic E-state index is 10.8. The van der Waals surface area contributed by atoms with Gasteiger partial charge < -0.3 is 4.74 Å². The standard InChI is InChI=1S/C14H19ClO2/c1-2-3-4-5-6-10-17-14-12(11-16)8-7-9-13(14)15/h7-9,11H,2-6,10H2,1H3. The van der Waals surface area contributed by atoms with Gasteiger partial charge in [0.1, 0.15) is 5.75 Å². The normalized spacial score (nSPS) is 10.2. The molecule has 94 valence electrons. The molecule has 1 rings (SSSR count). The molecule has 0 spiro atoms. The summed E-state index contributed by atoms with van der Waals surface area (Å²) < 4.78 is 5.58. The van der Waals surface area contributed by atoms with Gasteiger partial charge in [0.15, 0.2) is 6.29 Å². The molecule has 0 heterocycles. The molecule has 0 saturated carbocycles. The van der Waals surface area contributed by atoms with Crippen molar-refractivity contribution in [2.75, 3.05) is 6.61 Å². The second-order valence-corrected chi connectivity index (χ2v) is 4.45. The minimum Gasteiger partial charge on any atom is -0.491 e. The minimum atomic E-state index is 0.503. The smallest absolute Gasteiger partial charge is 0.153 e. The van der Waals surface area contributed by atoms with Crippen LogP contribution in [0.4, 0.5) is 0 Å². The maximum Gasteiger partial charge on any atom is 0.153 e. The van der Waals surface area contributed by atoms with E-state index in [0.29, 0.717) is 22.9 Å². The van der Waals surface area contributed by atoms with E-state index in [1.807, 2.05) is 0 Å². The van der Waals surface area contributed by atoms with Crippen LogP contribution >= 0.6 is 11.6 Å². The number of ether oxygens (including phenoxy) is 1. The Labute approximate surface area is 108 Å². The number of carbonyl (C=O) groups is 1. The van der Waals surface area contributed by atoms with Gasteiger partial charge in [-0.2, -0.15) is 0 Å². The Morgan fingerprint density at radius 2 is 2.00 bits per heavy atom. The van der Waals surface area contributed by atoms with E-state index in [9.17, 15) is 4.79 Å². The largest absolute Gasteiger partial charge is 0.491 e. The fraction of sp³-hybridized carbons (Fsp3) is 0.500. The van der Waals surface area contributed by atoms with Gasteiger partial charge in [-0.05, 0) is 18.6 Å². The molecular formula is C14H19ClO2. The van der Waals surface area contributed by atoms with Crippen molar-refractivity contribution in [2.45, 2.75) is 39.0 Å². The van der Waals surface area contributed by atoms with E-state index in [4.69, 9.17) is 16.3 Å². The summed E-state index contributed by atoms with van der Waals surface area (Å²) in [7, 11) is 0. The van der Waals surface area contributed by atoms with Crippen LogP contribution in [0.15, 0.2) is 18.2 Å². The summed E-state index contributed by atoms with van der Waals surface area (Å²) in [6.45, 7) is 2.81. The van der Waals surface area contributed by atoms with Crippen LogP contribution in [0.1, 0.15) is 49.4 Å². The first-order chi connectivity index (χ1) is 8.29. The van der Waals surface area contributed by atoms with E-state index in [1.54, 1.807) is 18.2 Å². The first-order valence-corrected chi connectivity index (χ1v) is 6.54. The molecule has 0 atom stereocenters. The molecule has 2 nitrogen and oxygen atoms in total. The zero-order valence-electron chi connectivity index (χ0n) is 10.2. The summed E-state index contributed by atoms with van der Waals surface area (Å²) in [5.41, 5.74) is 0.519. The molecule has 0 saturated heterocycles. The average Bonchev–Trinajstić information content (AvgIpc) is 2.35. The Balaban J connectivity index is 2.38. The highest BCUT2D eigenvalue weighted by molar-refractivity contribution is 6.32. The lowest BCUT2D eigenvalue weighted by Gasteiger charge is -2.09. The molecule has 1 aromatic rings. The van der Waals surface area contributed by atoms with E-state index in [0.717, 1.165) is 19.1 Å². The van der Waals surface area contributed by atoms with Gasteiger partial charge in [-0.15, -0.1) is 0 Å². The quantitative estimate of drug-likeness (QED) is 0.504. The van der Waals surface area contributed by atoms with Crippen LogP contribution in [-0.2, 0) is 0 Å². The van der Waals surface area contributed by atoms with Crippen LogP contribution in [0.2, 0.25) is 5.02 Å². The molecule has 0 aromatic heterocycles. The van der Waals surface area contributed by atoms with Crippen LogP contribution in [0, 0.1) is 0 Å². The first kappa shape index (κ1) is 14.0. The highest BCUT2D eigenvalue weighted by atomic mass is 35.5. The highest BCUT2D eigenvalue weighted by Gasteiger charge is 2.06. The molecule has 17 heavy (non-hydrogen) atoms. The number of para-hydroxylation sites is 1. The molecule has 0 aliphatic heterocycles. The summed E-state index contributed by atoms with van der Waals surface area (Å²) in [4.78, 5) is 10.8. The minimum absolute atomic E-state index is 0.503. The average molecular weight is 255 g/mol. The van der Waals surface area contributed by atoms with Crippen molar-refractivity contribution < 1.29 is 9.53 Å². The highest BCUT2D eigenvalue weighted by Crippen LogP contribution is 2.27. The topological polar surface area (TPSA) is 26.3 Å². The van der Waals surface area contributed by atoms with E-state index in [2.05, 4.69) is 6.92 Å². The van der Waals surface area contributed by atoms with Crippen LogP contribution in [-0.4, -0.2) is 12.9 Å². The van der Waals surface area contributed by atoms with Gasteiger partial charge in [-0.3, -0.25) is 4.79 Å². The molecule has 0 aliphatic rings. The third-order valence-electron chi connectivity index (χ3n) is 2.62. The lowest BCUT2D eigenvalue weighted by molar-refractivity contribution is 0.111. The molecule has 0 fully saturated rings. The number of rotatable bonds is 8. The van der Waals surface area contributed by atoms with Gasteiger partial charge >= 0.3 is 0 Å². The Morgan fingerprint density at radius 1 is 1.24 bits per heavy atom. The zero-order chi connectivity index (χ0) is 12.5. The van der Waals surface area contributed by atoms with Crippen molar-refractivity contribution in [3.63, 3.8) is 0 Å². The maximum atomic E-state index is 10.8. The number of benzene rings is 1. The molecular weight excluding hydrogens is 236 g/mol.